The summed E-state index contributed by atoms with van der Waals surface area (Å²) in [5.74, 6) is 0. The van der Waals surface area contributed by atoms with Crippen molar-refractivity contribution >= 4 is 15.9 Å². The molecule has 0 amide bonds. The molecule has 0 fully saturated rings. The van der Waals surface area contributed by atoms with E-state index in [1.54, 1.807) is 0 Å². The van der Waals surface area contributed by atoms with E-state index in [-0.39, 0.29) is 6.04 Å². The van der Waals surface area contributed by atoms with Gasteiger partial charge in [-0.25, -0.2) is 0 Å². The fourth-order valence-electron chi connectivity index (χ4n) is 1.49. The van der Waals surface area contributed by atoms with Gasteiger partial charge in [-0.1, -0.05) is 47.8 Å². The molecule has 0 bridgehead atoms. The third kappa shape index (κ3) is 3.10. The van der Waals surface area contributed by atoms with Gasteiger partial charge in [-0.2, -0.15) is 0 Å². The zero-order chi connectivity index (χ0) is 10.6. The second-order valence-corrected chi connectivity index (χ2v) is 4.61. The van der Waals surface area contributed by atoms with Crippen molar-refractivity contribution in [2.24, 2.45) is 5.73 Å². The Morgan fingerprint density at radius 2 is 2.14 bits per heavy atom. The number of hydrogen-bond donors (Lipinski definition) is 1. The van der Waals surface area contributed by atoms with Crippen LogP contribution in [0.3, 0.4) is 0 Å². The molecule has 0 saturated heterocycles. The molecule has 0 aliphatic heterocycles. The van der Waals surface area contributed by atoms with Crippen LogP contribution in [0.15, 0.2) is 22.7 Å². The summed E-state index contributed by atoms with van der Waals surface area (Å²) in [6.07, 6.45) is 3.50. The molecule has 0 radical (unpaired) electrons. The molecule has 0 aliphatic rings. The predicted molar refractivity (Wildman–Crippen MR) is 65.3 cm³/mol. The highest BCUT2D eigenvalue weighted by Crippen LogP contribution is 2.22. The lowest BCUT2D eigenvalue weighted by Crippen LogP contribution is -2.10. The molecule has 1 rings (SSSR count). The van der Waals surface area contributed by atoms with Crippen LogP contribution >= 0.6 is 15.9 Å². The maximum absolute atomic E-state index is 6.08. The number of nitrogens with two attached hydrogens (primary N) is 1. The molecule has 0 saturated carbocycles. The lowest BCUT2D eigenvalue weighted by atomic mass is 10.0. The first-order valence-electron chi connectivity index (χ1n) is 5.16. The molecule has 1 nitrogen and oxygen atoms in total. The maximum atomic E-state index is 6.08. The molecule has 1 atom stereocenters. The average molecular weight is 256 g/mol. The summed E-state index contributed by atoms with van der Waals surface area (Å²) in [4.78, 5) is 0. The Bertz CT molecular complexity index is 296. The van der Waals surface area contributed by atoms with Crippen LogP contribution in [-0.2, 0) is 0 Å². The Morgan fingerprint density at radius 3 is 2.71 bits per heavy atom. The number of rotatable bonds is 4. The maximum Gasteiger partial charge on any atom is 0.0294 e. The molecule has 2 heteroatoms. The fourth-order valence-corrected chi connectivity index (χ4v) is 1.74. The van der Waals surface area contributed by atoms with Gasteiger partial charge in [-0.05, 0) is 30.5 Å². The largest absolute Gasteiger partial charge is 0.324 e. The smallest absolute Gasteiger partial charge is 0.0294 e. The van der Waals surface area contributed by atoms with Crippen LogP contribution in [0.4, 0.5) is 0 Å². The van der Waals surface area contributed by atoms with Crippen molar-refractivity contribution in [3.63, 3.8) is 0 Å². The van der Waals surface area contributed by atoms with Crippen LogP contribution in [0, 0.1) is 6.92 Å². The molecule has 0 aromatic heterocycles. The van der Waals surface area contributed by atoms with Crippen molar-refractivity contribution in [3.05, 3.63) is 33.8 Å². The second-order valence-electron chi connectivity index (χ2n) is 3.76. The van der Waals surface area contributed by atoms with Gasteiger partial charge in [-0.15, -0.1) is 0 Å². The number of benzene rings is 1. The van der Waals surface area contributed by atoms with E-state index in [0.29, 0.717) is 0 Å². The molecule has 1 aromatic carbocycles. The molecule has 0 aliphatic carbocycles. The number of unbranched alkanes of at least 4 members (excludes halogenated alkanes) is 1. The minimum Gasteiger partial charge on any atom is -0.324 e. The van der Waals surface area contributed by atoms with Gasteiger partial charge >= 0.3 is 0 Å². The third-order valence-electron chi connectivity index (χ3n) is 2.48. The topological polar surface area (TPSA) is 26.0 Å². The molecule has 0 spiro atoms. The Hall–Kier alpha value is -0.340. The summed E-state index contributed by atoms with van der Waals surface area (Å²) in [5.41, 5.74) is 8.59. The SMILES string of the molecule is CCCC[C@H](N)c1ccc(Br)c(C)c1. The van der Waals surface area contributed by atoms with Crippen molar-refractivity contribution in [2.75, 3.05) is 0 Å². The first-order chi connectivity index (χ1) is 6.65. The monoisotopic (exact) mass is 255 g/mol. The average Bonchev–Trinajstić information content (AvgIpc) is 2.18. The van der Waals surface area contributed by atoms with E-state index >= 15 is 0 Å². The first kappa shape index (κ1) is 11.7. The zero-order valence-corrected chi connectivity index (χ0v) is 10.5. The van der Waals surface area contributed by atoms with Crippen molar-refractivity contribution in [3.8, 4) is 0 Å². The highest BCUT2D eigenvalue weighted by Gasteiger charge is 2.06. The minimum atomic E-state index is 0.196. The Labute approximate surface area is 94.8 Å². The van der Waals surface area contributed by atoms with Crippen molar-refractivity contribution in [1.29, 1.82) is 0 Å². The van der Waals surface area contributed by atoms with Crippen molar-refractivity contribution in [1.82, 2.24) is 0 Å². The van der Waals surface area contributed by atoms with Crippen LogP contribution < -0.4 is 5.73 Å². The zero-order valence-electron chi connectivity index (χ0n) is 8.89. The van der Waals surface area contributed by atoms with Crippen molar-refractivity contribution in [2.45, 2.75) is 39.2 Å². The molecule has 14 heavy (non-hydrogen) atoms. The highest BCUT2D eigenvalue weighted by atomic mass is 79.9. The molecule has 0 unspecified atom stereocenters. The van der Waals surface area contributed by atoms with Gasteiger partial charge in [-0.3, -0.25) is 0 Å². The quantitative estimate of drug-likeness (QED) is 0.867. The summed E-state index contributed by atoms with van der Waals surface area (Å²) in [6, 6.07) is 6.56. The second kappa shape index (κ2) is 5.52. The third-order valence-corrected chi connectivity index (χ3v) is 3.37. The molecular weight excluding hydrogens is 238 g/mol. The van der Waals surface area contributed by atoms with Gasteiger partial charge in [0.1, 0.15) is 0 Å². The Balaban J connectivity index is 2.70. The van der Waals surface area contributed by atoms with E-state index in [9.17, 15) is 0 Å². The van der Waals surface area contributed by atoms with Crippen LogP contribution in [0.1, 0.15) is 43.4 Å². The normalized spacial score (nSPS) is 12.9. The summed E-state index contributed by atoms with van der Waals surface area (Å²) in [6.45, 7) is 4.29. The standard InChI is InChI=1S/C12H18BrN/c1-3-4-5-12(14)10-6-7-11(13)9(2)8-10/h6-8,12H,3-5,14H2,1-2H3/t12-/m0/s1. The van der Waals surface area contributed by atoms with Gasteiger partial charge in [0.15, 0.2) is 0 Å². The van der Waals surface area contributed by atoms with E-state index in [1.165, 1.54) is 24.0 Å². The predicted octanol–water partition coefficient (Wildman–Crippen LogP) is 3.95. The number of halogens is 1. The van der Waals surface area contributed by atoms with Crippen molar-refractivity contribution < 1.29 is 0 Å². The van der Waals surface area contributed by atoms with Crippen LogP contribution in [0.2, 0.25) is 0 Å². The summed E-state index contributed by atoms with van der Waals surface area (Å²) in [5, 5.41) is 0. The minimum absolute atomic E-state index is 0.196. The lowest BCUT2D eigenvalue weighted by molar-refractivity contribution is 0.603. The molecular formula is C12H18BrN. The highest BCUT2D eigenvalue weighted by molar-refractivity contribution is 9.10. The van der Waals surface area contributed by atoms with Gasteiger partial charge in [0.2, 0.25) is 0 Å². The van der Waals surface area contributed by atoms with E-state index in [1.807, 2.05) is 0 Å². The lowest BCUT2D eigenvalue weighted by Gasteiger charge is -2.12. The number of aryl methyl sites for hydroxylation is 1. The first-order valence-corrected chi connectivity index (χ1v) is 5.96. The van der Waals surface area contributed by atoms with Gasteiger partial charge in [0, 0.05) is 10.5 Å². The summed E-state index contributed by atoms with van der Waals surface area (Å²) >= 11 is 3.49. The van der Waals surface area contributed by atoms with E-state index < -0.39 is 0 Å². The van der Waals surface area contributed by atoms with Gasteiger partial charge in [0.25, 0.3) is 0 Å². The summed E-state index contributed by atoms with van der Waals surface area (Å²) < 4.78 is 1.16. The fraction of sp³-hybridized carbons (Fsp3) is 0.500. The van der Waals surface area contributed by atoms with E-state index in [4.69, 9.17) is 5.73 Å². The summed E-state index contributed by atoms with van der Waals surface area (Å²) in [7, 11) is 0. The molecule has 0 heterocycles. The van der Waals surface area contributed by atoms with E-state index in [0.717, 1.165) is 10.9 Å². The van der Waals surface area contributed by atoms with Crippen LogP contribution in [-0.4, -0.2) is 0 Å². The van der Waals surface area contributed by atoms with Gasteiger partial charge in [0.05, 0.1) is 0 Å². The van der Waals surface area contributed by atoms with Gasteiger partial charge < -0.3 is 5.73 Å². The molecule has 78 valence electrons. The van der Waals surface area contributed by atoms with E-state index in [2.05, 4.69) is 48.0 Å². The molecule has 1 aromatic rings. The van der Waals surface area contributed by atoms with Crippen LogP contribution in [0.25, 0.3) is 0 Å². The Morgan fingerprint density at radius 1 is 1.43 bits per heavy atom. The van der Waals surface area contributed by atoms with Crippen LogP contribution in [0.5, 0.6) is 0 Å². The Kier molecular flexibility index (Phi) is 4.63. The number of hydrogen-bond acceptors (Lipinski definition) is 1. The molecule has 2 N–H and O–H groups in total.